The number of aliphatic hydroxyl groups excluding tert-OH is 4. The first-order valence-electron chi connectivity index (χ1n) is 8.16. The van der Waals surface area contributed by atoms with Crippen molar-refractivity contribution in [2.24, 2.45) is 0 Å². The summed E-state index contributed by atoms with van der Waals surface area (Å²) in [6.07, 6.45) is -8.87. The summed E-state index contributed by atoms with van der Waals surface area (Å²) in [7, 11) is 0. The van der Waals surface area contributed by atoms with Gasteiger partial charge in [0.2, 0.25) is 0 Å². The quantitative estimate of drug-likeness (QED) is 0.452. The molecule has 0 saturated carbocycles. The van der Waals surface area contributed by atoms with E-state index in [1.807, 2.05) is 0 Å². The van der Waals surface area contributed by atoms with Gasteiger partial charge in [0.1, 0.15) is 42.7 Å². The molecule has 3 saturated heterocycles. The normalized spacial score (nSPS) is 51.9. The van der Waals surface area contributed by atoms with Crippen LogP contribution in [0.3, 0.4) is 0 Å². The van der Waals surface area contributed by atoms with Crippen LogP contribution in [0, 0.1) is 0 Å². The van der Waals surface area contributed by atoms with Gasteiger partial charge in [0.25, 0.3) is 0 Å². The van der Waals surface area contributed by atoms with Crippen molar-refractivity contribution in [3.8, 4) is 0 Å². The molecule has 0 spiro atoms. The molecule has 9 atom stereocenters. The van der Waals surface area contributed by atoms with Crippen molar-refractivity contribution in [1.29, 1.82) is 0 Å². The zero-order valence-corrected chi connectivity index (χ0v) is 13.9. The van der Waals surface area contributed by atoms with Gasteiger partial charge in [-0.05, 0) is 20.8 Å². The Morgan fingerprint density at radius 3 is 2.42 bits per heavy atom. The van der Waals surface area contributed by atoms with Gasteiger partial charge in [-0.15, -0.1) is 0 Å². The SMILES string of the molecule is CC1OCC(O)C(O)C1OC1OC2COC(C)(C)OC2C(O)C1O. The van der Waals surface area contributed by atoms with E-state index in [1.54, 1.807) is 20.8 Å². The number of ether oxygens (including phenoxy) is 5. The molecule has 0 aromatic rings. The maximum atomic E-state index is 10.4. The molecule has 0 aromatic carbocycles. The van der Waals surface area contributed by atoms with Gasteiger partial charge in [-0.2, -0.15) is 0 Å². The van der Waals surface area contributed by atoms with E-state index < -0.39 is 60.9 Å². The number of fused-ring (bicyclic) bond motifs is 1. The van der Waals surface area contributed by atoms with Crippen LogP contribution >= 0.6 is 0 Å². The van der Waals surface area contributed by atoms with Crippen LogP contribution in [0.15, 0.2) is 0 Å². The maximum Gasteiger partial charge on any atom is 0.187 e. The van der Waals surface area contributed by atoms with Gasteiger partial charge in [-0.1, -0.05) is 0 Å². The average molecular weight is 350 g/mol. The highest BCUT2D eigenvalue weighted by Gasteiger charge is 2.52. The van der Waals surface area contributed by atoms with Crippen LogP contribution in [-0.4, -0.2) is 94.5 Å². The lowest BCUT2D eigenvalue weighted by atomic mass is 9.96. The largest absolute Gasteiger partial charge is 0.388 e. The molecular formula is C15H26O9. The van der Waals surface area contributed by atoms with E-state index in [-0.39, 0.29) is 13.2 Å². The van der Waals surface area contributed by atoms with Crippen molar-refractivity contribution >= 4 is 0 Å². The molecule has 24 heavy (non-hydrogen) atoms. The zero-order chi connectivity index (χ0) is 17.6. The highest BCUT2D eigenvalue weighted by molar-refractivity contribution is 4.95. The van der Waals surface area contributed by atoms with E-state index in [0.717, 1.165) is 0 Å². The summed E-state index contributed by atoms with van der Waals surface area (Å²) >= 11 is 0. The van der Waals surface area contributed by atoms with Crippen molar-refractivity contribution < 1.29 is 44.1 Å². The predicted octanol–water partition coefficient (Wildman–Crippen LogP) is -1.89. The van der Waals surface area contributed by atoms with Gasteiger partial charge in [0, 0.05) is 0 Å². The van der Waals surface area contributed by atoms with Gasteiger partial charge in [-0.25, -0.2) is 0 Å². The topological polar surface area (TPSA) is 127 Å². The maximum absolute atomic E-state index is 10.4. The second kappa shape index (κ2) is 6.75. The molecule has 9 nitrogen and oxygen atoms in total. The Kier molecular flexibility index (Phi) is 5.18. The minimum Gasteiger partial charge on any atom is -0.388 e. The Morgan fingerprint density at radius 2 is 1.71 bits per heavy atom. The van der Waals surface area contributed by atoms with Crippen molar-refractivity contribution in [2.75, 3.05) is 13.2 Å². The van der Waals surface area contributed by atoms with Crippen LogP contribution < -0.4 is 0 Å². The third-order valence-electron chi connectivity index (χ3n) is 4.67. The Bertz CT molecular complexity index is 443. The summed E-state index contributed by atoms with van der Waals surface area (Å²) in [5.41, 5.74) is 0. The highest BCUT2D eigenvalue weighted by Crippen LogP contribution is 2.34. The van der Waals surface area contributed by atoms with E-state index in [2.05, 4.69) is 0 Å². The molecule has 0 amide bonds. The van der Waals surface area contributed by atoms with Gasteiger partial charge >= 0.3 is 0 Å². The first-order valence-corrected chi connectivity index (χ1v) is 8.16. The van der Waals surface area contributed by atoms with Crippen molar-refractivity contribution in [3.63, 3.8) is 0 Å². The smallest absolute Gasteiger partial charge is 0.187 e. The molecule has 0 bridgehead atoms. The fourth-order valence-corrected chi connectivity index (χ4v) is 3.23. The summed E-state index contributed by atoms with van der Waals surface area (Å²) in [4.78, 5) is 0. The van der Waals surface area contributed by atoms with Crippen LogP contribution in [0.25, 0.3) is 0 Å². The lowest BCUT2D eigenvalue weighted by Gasteiger charge is -2.49. The molecule has 9 heteroatoms. The van der Waals surface area contributed by atoms with Crippen molar-refractivity contribution in [1.82, 2.24) is 0 Å². The number of aliphatic hydroxyl groups is 4. The average Bonchev–Trinajstić information content (AvgIpc) is 2.52. The Balaban J connectivity index is 1.69. The van der Waals surface area contributed by atoms with Gasteiger partial charge in [-0.3, -0.25) is 0 Å². The first-order chi connectivity index (χ1) is 11.2. The van der Waals surface area contributed by atoms with Crippen molar-refractivity contribution in [3.05, 3.63) is 0 Å². The minimum absolute atomic E-state index is 0.000355. The molecule has 0 aliphatic carbocycles. The Labute approximate surface area is 140 Å². The molecule has 3 heterocycles. The Hall–Kier alpha value is -0.360. The monoisotopic (exact) mass is 350 g/mol. The molecule has 3 fully saturated rings. The fraction of sp³-hybridized carbons (Fsp3) is 1.00. The molecule has 9 unspecified atom stereocenters. The second-order valence-electron chi connectivity index (χ2n) is 7.01. The zero-order valence-electron chi connectivity index (χ0n) is 13.9. The fourth-order valence-electron chi connectivity index (χ4n) is 3.23. The molecule has 140 valence electrons. The number of rotatable bonds is 2. The third-order valence-corrected chi connectivity index (χ3v) is 4.67. The minimum atomic E-state index is -1.38. The van der Waals surface area contributed by atoms with Crippen LogP contribution in [-0.2, 0) is 23.7 Å². The molecule has 3 aliphatic heterocycles. The summed E-state index contributed by atoms with van der Waals surface area (Å²) in [5.74, 6) is -0.884. The van der Waals surface area contributed by atoms with E-state index in [4.69, 9.17) is 23.7 Å². The van der Waals surface area contributed by atoms with Crippen LogP contribution in [0.4, 0.5) is 0 Å². The van der Waals surface area contributed by atoms with Gasteiger partial charge in [0.05, 0.1) is 19.3 Å². The first kappa shape index (κ1) is 18.4. The highest BCUT2D eigenvalue weighted by atomic mass is 16.8. The molecule has 0 aromatic heterocycles. The van der Waals surface area contributed by atoms with Crippen molar-refractivity contribution in [2.45, 2.75) is 81.7 Å². The lowest BCUT2D eigenvalue weighted by molar-refractivity contribution is -0.392. The van der Waals surface area contributed by atoms with E-state index in [9.17, 15) is 20.4 Å². The van der Waals surface area contributed by atoms with E-state index in [0.29, 0.717) is 0 Å². The molecule has 3 aliphatic rings. The predicted molar refractivity (Wildman–Crippen MR) is 77.9 cm³/mol. The molecule has 3 rings (SSSR count). The molecular weight excluding hydrogens is 324 g/mol. The lowest BCUT2D eigenvalue weighted by Crippen LogP contribution is -2.66. The third kappa shape index (κ3) is 3.46. The van der Waals surface area contributed by atoms with E-state index in [1.165, 1.54) is 0 Å². The summed E-state index contributed by atoms with van der Waals surface area (Å²) in [6, 6.07) is 0. The summed E-state index contributed by atoms with van der Waals surface area (Å²) < 4.78 is 27.8. The Morgan fingerprint density at radius 1 is 1.00 bits per heavy atom. The number of hydrogen-bond donors (Lipinski definition) is 4. The van der Waals surface area contributed by atoms with Gasteiger partial charge in [0.15, 0.2) is 12.1 Å². The van der Waals surface area contributed by atoms with Crippen LogP contribution in [0.5, 0.6) is 0 Å². The molecule has 0 radical (unpaired) electrons. The standard InChI is InChI=1S/C15H26O9/c1-6-12(9(17)7(16)4-20-6)23-14-11(19)10(18)13-8(22-14)5-21-15(2,3)24-13/h6-14,16-19H,4-5H2,1-3H3. The summed E-state index contributed by atoms with van der Waals surface area (Å²) in [5, 5.41) is 40.5. The second-order valence-corrected chi connectivity index (χ2v) is 7.01. The van der Waals surface area contributed by atoms with Gasteiger partial charge < -0.3 is 44.1 Å². The van der Waals surface area contributed by atoms with Crippen LogP contribution in [0.1, 0.15) is 20.8 Å². The van der Waals surface area contributed by atoms with Crippen LogP contribution in [0.2, 0.25) is 0 Å². The van der Waals surface area contributed by atoms with E-state index >= 15 is 0 Å². The summed E-state index contributed by atoms with van der Waals surface area (Å²) in [6.45, 7) is 5.28. The number of hydrogen-bond acceptors (Lipinski definition) is 9. The molecule has 4 N–H and O–H groups in total.